The maximum Gasteiger partial charge on any atom is 1.00 e. The molecule has 0 spiro atoms. The minimum absolute atomic E-state index is 0. The minimum Gasteiger partial charge on any atom is -0.677 e. The van der Waals surface area contributed by atoms with Gasteiger partial charge in [-0.05, 0) is 0 Å². The van der Waals surface area contributed by atoms with Gasteiger partial charge in [-0.15, -0.1) is 0 Å². The Labute approximate surface area is 158 Å². The van der Waals surface area contributed by atoms with E-state index in [4.69, 9.17) is 25.5 Å². The van der Waals surface area contributed by atoms with Crippen LogP contribution in [0.3, 0.4) is 0 Å². The molecule has 128 valence electrons. The number of hydrogen-bond acceptors (Lipinski definition) is 2. The van der Waals surface area contributed by atoms with Gasteiger partial charge in [-0.2, -0.15) is 6.54 Å². The van der Waals surface area contributed by atoms with Crippen LogP contribution in [0.2, 0.25) is 0 Å². The number of aliphatic carboxylic acids is 2. The van der Waals surface area contributed by atoms with Gasteiger partial charge in [0.05, 0.1) is 0 Å². The Morgan fingerprint density at radius 1 is 0.727 bits per heavy atom. The van der Waals surface area contributed by atoms with Crippen LogP contribution in [0, 0.1) is 0 Å². The van der Waals surface area contributed by atoms with Gasteiger partial charge >= 0.3 is 29.6 Å². The average molecular weight is 327 g/mol. The summed E-state index contributed by atoms with van der Waals surface area (Å²) in [5.74, 6) is -1.67. The van der Waals surface area contributed by atoms with E-state index in [9.17, 15) is 0 Å². The van der Waals surface area contributed by atoms with Crippen LogP contribution in [0.5, 0.6) is 0 Å². The van der Waals surface area contributed by atoms with E-state index >= 15 is 0 Å². The Morgan fingerprint density at radius 3 is 1.18 bits per heavy atom. The van der Waals surface area contributed by atoms with Crippen molar-refractivity contribution in [2.75, 3.05) is 6.54 Å². The van der Waals surface area contributed by atoms with Gasteiger partial charge < -0.3 is 15.9 Å². The summed E-state index contributed by atoms with van der Waals surface area (Å²) in [5, 5.41) is 14.8. The molecule has 0 radical (unpaired) electrons. The zero-order valence-corrected chi connectivity index (χ0v) is 17.0. The molecule has 0 amide bonds. The van der Waals surface area contributed by atoms with Gasteiger partial charge in [0, 0.05) is 13.8 Å². The quantitative estimate of drug-likeness (QED) is 0.474. The SMILES string of the molecule is CC(=O)O.CC(=O)O.CCCCCCCCCCCC[NH-].[Na+]. The van der Waals surface area contributed by atoms with Crippen LogP contribution in [0.25, 0.3) is 5.73 Å². The second-order valence-corrected chi connectivity index (χ2v) is 4.97. The van der Waals surface area contributed by atoms with Crippen molar-refractivity contribution in [1.82, 2.24) is 0 Å². The molecule has 0 aromatic carbocycles. The summed E-state index contributed by atoms with van der Waals surface area (Å²) in [4.78, 5) is 18.0. The summed E-state index contributed by atoms with van der Waals surface area (Å²) in [7, 11) is 0. The van der Waals surface area contributed by atoms with Crippen molar-refractivity contribution in [1.29, 1.82) is 0 Å². The smallest absolute Gasteiger partial charge is 0.677 e. The Kier molecular flexibility index (Phi) is 39.3. The Bertz CT molecular complexity index is 196. The molecule has 3 N–H and O–H groups in total. The first-order valence-electron chi connectivity index (χ1n) is 7.92. The van der Waals surface area contributed by atoms with Crippen LogP contribution in [-0.4, -0.2) is 28.7 Å². The van der Waals surface area contributed by atoms with Crippen molar-refractivity contribution in [3.8, 4) is 0 Å². The molecule has 0 heterocycles. The van der Waals surface area contributed by atoms with Crippen molar-refractivity contribution in [3.63, 3.8) is 0 Å². The van der Waals surface area contributed by atoms with E-state index < -0.39 is 11.9 Å². The maximum atomic E-state index is 9.00. The third-order valence-electron chi connectivity index (χ3n) is 2.53. The van der Waals surface area contributed by atoms with Crippen LogP contribution in [-0.2, 0) is 9.59 Å². The van der Waals surface area contributed by atoms with E-state index in [1.807, 2.05) is 0 Å². The zero-order valence-electron chi connectivity index (χ0n) is 15.0. The van der Waals surface area contributed by atoms with Gasteiger partial charge in [0.25, 0.3) is 11.9 Å². The third kappa shape index (κ3) is 72.5. The zero-order chi connectivity index (χ0) is 16.9. The fraction of sp³-hybridized carbons (Fsp3) is 0.875. The monoisotopic (exact) mass is 327 g/mol. The van der Waals surface area contributed by atoms with Crippen LogP contribution >= 0.6 is 0 Å². The first-order valence-corrected chi connectivity index (χ1v) is 7.92. The molecule has 0 aromatic heterocycles. The molecule has 0 aliphatic carbocycles. The summed E-state index contributed by atoms with van der Waals surface area (Å²) in [6, 6.07) is 0. The third-order valence-corrected chi connectivity index (χ3v) is 2.53. The van der Waals surface area contributed by atoms with Gasteiger partial charge in [-0.3, -0.25) is 9.59 Å². The van der Waals surface area contributed by atoms with Crippen LogP contribution in [0.1, 0.15) is 85.0 Å². The molecule has 5 nitrogen and oxygen atoms in total. The van der Waals surface area contributed by atoms with E-state index in [-0.39, 0.29) is 29.6 Å². The fourth-order valence-electron chi connectivity index (χ4n) is 1.61. The van der Waals surface area contributed by atoms with Crippen molar-refractivity contribution in [3.05, 3.63) is 5.73 Å². The predicted octanol–water partition coefficient (Wildman–Crippen LogP) is 2.15. The molecular formula is C16H34NNaO4. The number of unbranched alkanes of at least 4 members (excludes halogenated alkanes) is 9. The molecule has 0 aliphatic heterocycles. The molecule has 0 saturated heterocycles. The van der Waals surface area contributed by atoms with Crippen molar-refractivity contribution in [2.45, 2.75) is 85.0 Å². The van der Waals surface area contributed by atoms with E-state index in [2.05, 4.69) is 6.92 Å². The Balaban J connectivity index is -0.000000150. The molecule has 0 aromatic rings. The number of carbonyl (C=O) groups is 2. The molecule has 0 bridgehead atoms. The summed E-state index contributed by atoms with van der Waals surface area (Å²) in [6.45, 7) is 5.05. The molecule has 0 aliphatic rings. The topological polar surface area (TPSA) is 98.4 Å². The summed E-state index contributed by atoms with van der Waals surface area (Å²) >= 11 is 0. The van der Waals surface area contributed by atoms with Gasteiger partial charge in [0.2, 0.25) is 0 Å². The number of carboxylic acids is 2. The summed E-state index contributed by atoms with van der Waals surface area (Å²) in [5.41, 5.74) is 7.00. The van der Waals surface area contributed by atoms with Crippen LogP contribution < -0.4 is 29.6 Å². The van der Waals surface area contributed by atoms with Gasteiger partial charge in [-0.25, -0.2) is 0 Å². The Morgan fingerprint density at radius 2 is 0.955 bits per heavy atom. The maximum absolute atomic E-state index is 9.00. The number of carboxylic acid groups (broad SMARTS) is 2. The fourth-order valence-corrected chi connectivity index (χ4v) is 1.61. The second kappa shape index (κ2) is 29.0. The van der Waals surface area contributed by atoms with Crippen molar-refractivity contribution >= 4 is 11.9 Å². The normalized spacial score (nSPS) is 8.55. The second-order valence-electron chi connectivity index (χ2n) is 4.97. The molecule has 0 fully saturated rings. The standard InChI is InChI=1S/C12H26N.2C2H4O2.Na/c1-2-3-4-5-6-7-8-9-10-11-12-13;2*1-2(3)4;/h13H,2-12H2,1H3;2*1H3,(H,3,4);/q-1;;;+1. The first kappa shape index (κ1) is 29.9. The van der Waals surface area contributed by atoms with Gasteiger partial charge in [0.1, 0.15) is 0 Å². The largest absolute Gasteiger partial charge is 1.00 e. The average Bonchev–Trinajstić information content (AvgIpc) is 2.35. The van der Waals surface area contributed by atoms with E-state index in [1.165, 1.54) is 57.8 Å². The van der Waals surface area contributed by atoms with Crippen LogP contribution in [0.15, 0.2) is 0 Å². The molecule has 6 heteroatoms. The van der Waals surface area contributed by atoms with E-state index in [0.29, 0.717) is 6.54 Å². The molecular weight excluding hydrogens is 293 g/mol. The minimum atomic E-state index is -0.833. The predicted molar refractivity (Wildman–Crippen MR) is 87.7 cm³/mol. The molecule has 0 atom stereocenters. The molecule has 0 unspecified atom stereocenters. The molecule has 0 rings (SSSR count). The van der Waals surface area contributed by atoms with E-state index in [0.717, 1.165) is 20.3 Å². The number of rotatable bonds is 10. The van der Waals surface area contributed by atoms with Crippen LogP contribution in [0.4, 0.5) is 0 Å². The molecule has 22 heavy (non-hydrogen) atoms. The summed E-state index contributed by atoms with van der Waals surface area (Å²) in [6.07, 6.45) is 13.6. The van der Waals surface area contributed by atoms with Crippen molar-refractivity contribution in [2.24, 2.45) is 0 Å². The Hall–Kier alpha value is -0.100. The number of hydrogen-bond donors (Lipinski definition) is 2. The van der Waals surface area contributed by atoms with Gasteiger partial charge in [-0.1, -0.05) is 71.1 Å². The first-order chi connectivity index (χ1) is 9.88. The van der Waals surface area contributed by atoms with Crippen molar-refractivity contribution < 1.29 is 49.4 Å². The summed E-state index contributed by atoms with van der Waals surface area (Å²) < 4.78 is 0. The van der Waals surface area contributed by atoms with E-state index in [1.54, 1.807) is 0 Å². The van der Waals surface area contributed by atoms with Gasteiger partial charge in [0.15, 0.2) is 0 Å². The molecule has 0 saturated carbocycles. The number of nitrogens with one attached hydrogen (secondary N) is 1.